The first-order chi connectivity index (χ1) is 16.7. The van der Waals surface area contributed by atoms with Gasteiger partial charge >= 0.3 is 6.16 Å². The van der Waals surface area contributed by atoms with E-state index < -0.39 is 17.3 Å². The number of thiazole rings is 1. The van der Waals surface area contributed by atoms with Crippen molar-refractivity contribution in [1.29, 1.82) is 0 Å². The van der Waals surface area contributed by atoms with Gasteiger partial charge in [-0.25, -0.2) is 9.78 Å². The van der Waals surface area contributed by atoms with Crippen molar-refractivity contribution in [3.8, 4) is 0 Å². The first-order valence-corrected chi connectivity index (χ1v) is 13.6. The lowest BCUT2D eigenvalue weighted by atomic mass is 9.52. The van der Waals surface area contributed by atoms with Crippen LogP contribution in [0.1, 0.15) is 46.0 Å². The number of rotatable bonds is 5. The molecule has 7 rings (SSSR count). The van der Waals surface area contributed by atoms with E-state index >= 15 is 0 Å². The third kappa shape index (κ3) is 4.06. The first kappa shape index (κ1) is 23.0. The number of nitrogens with one attached hydrogen (secondary N) is 1. The van der Waals surface area contributed by atoms with Gasteiger partial charge < -0.3 is 20.1 Å². The van der Waals surface area contributed by atoms with Gasteiger partial charge in [0.1, 0.15) is 5.60 Å². The summed E-state index contributed by atoms with van der Waals surface area (Å²) in [4.78, 5) is 34.3. The summed E-state index contributed by atoms with van der Waals surface area (Å²) in [6.07, 6.45) is 3.27. The van der Waals surface area contributed by atoms with Crippen molar-refractivity contribution in [3.63, 3.8) is 0 Å². The molecule has 35 heavy (non-hydrogen) atoms. The van der Waals surface area contributed by atoms with E-state index in [1.165, 1.54) is 4.70 Å². The second-order valence-electron chi connectivity index (χ2n) is 11.5. The molecule has 1 saturated heterocycles. The fourth-order valence-electron chi connectivity index (χ4n) is 7.42. The van der Waals surface area contributed by atoms with Crippen LogP contribution in [-0.2, 0) is 9.53 Å². The number of amides is 1. The number of aromatic nitrogens is 1. The number of hydrogen-bond acceptors (Lipinski definition) is 7. The fourth-order valence-corrected chi connectivity index (χ4v) is 8.44. The number of carbonyl (C=O) groups excluding carboxylic acids is 1. The minimum atomic E-state index is -1.17. The molecular weight excluding hydrogens is 464 g/mol. The Hall–Kier alpha value is -2.39. The zero-order valence-corrected chi connectivity index (χ0v) is 21.2. The van der Waals surface area contributed by atoms with Crippen molar-refractivity contribution in [2.75, 3.05) is 31.1 Å². The molecule has 2 aromatic rings. The molecule has 1 aliphatic heterocycles. The Kier molecular flexibility index (Phi) is 5.49. The summed E-state index contributed by atoms with van der Waals surface area (Å²) in [5, 5.41) is 13.7. The molecule has 5 aliphatic rings. The molecule has 2 N–H and O–H groups in total. The Morgan fingerprint density at radius 3 is 2.46 bits per heavy atom. The van der Waals surface area contributed by atoms with Crippen LogP contribution in [0.4, 0.5) is 9.93 Å². The molecule has 1 amide bonds. The van der Waals surface area contributed by atoms with Crippen LogP contribution in [-0.4, -0.2) is 70.4 Å². The highest BCUT2D eigenvalue weighted by molar-refractivity contribution is 7.22. The molecule has 2 atom stereocenters. The summed E-state index contributed by atoms with van der Waals surface area (Å²) in [5.41, 5.74) is -0.0968. The van der Waals surface area contributed by atoms with Crippen LogP contribution in [0.3, 0.4) is 0 Å². The van der Waals surface area contributed by atoms with Crippen LogP contribution in [0.2, 0.25) is 0 Å². The minimum Gasteiger partial charge on any atom is -0.450 e. The maximum Gasteiger partial charge on any atom is 0.506 e. The van der Waals surface area contributed by atoms with Crippen LogP contribution in [0.25, 0.3) is 10.2 Å². The number of piperazine rings is 1. The smallest absolute Gasteiger partial charge is 0.450 e. The van der Waals surface area contributed by atoms with Crippen molar-refractivity contribution in [3.05, 3.63) is 24.3 Å². The molecule has 4 bridgehead atoms. The molecule has 0 spiro atoms. The molecule has 4 saturated carbocycles. The Labute approximate surface area is 209 Å². The minimum absolute atomic E-state index is 0.0802. The SMILES string of the molecule is CC(C)(C(=O)NC1C2CC3CC1CC(OC(=O)O)(C3)C2)N1CCN(c2nc3ccccc3s2)CC1. The van der Waals surface area contributed by atoms with Crippen molar-refractivity contribution >= 4 is 38.7 Å². The normalized spacial score (nSPS) is 32.7. The quantitative estimate of drug-likeness (QED) is 0.603. The maximum atomic E-state index is 13.6. The second-order valence-corrected chi connectivity index (χ2v) is 12.5. The van der Waals surface area contributed by atoms with Gasteiger partial charge in [-0.05, 0) is 75.8 Å². The van der Waals surface area contributed by atoms with E-state index in [2.05, 4.69) is 27.2 Å². The first-order valence-electron chi connectivity index (χ1n) is 12.8. The van der Waals surface area contributed by atoms with Gasteiger partial charge in [-0.1, -0.05) is 23.5 Å². The monoisotopic (exact) mass is 498 g/mol. The van der Waals surface area contributed by atoms with Crippen molar-refractivity contribution in [2.45, 2.75) is 63.1 Å². The van der Waals surface area contributed by atoms with E-state index in [4.69, 9.17) is 9.72 Å². The van der Waals surface area contributed by atoms with Crippen LogP contribution in [0.5, 0.6) is 0 Å². The van der Waals surface area contributed by atoms with Gasteiger partial charge in [0.05, 0.1) is 15.8 Å². The highest BCUT2D eigenvalue weighted by Gasteiger charge is 2.58. The van der Waals surface area contributed by atoms with Gasteiger partial charge in [0, 0.05) is 32.2 Å². The zero-order valence-electron chi connectivity index (χ0n) is 20.4. The number of benzene rings is 1. The van der Waals surface area contributed by atoms with Crippen LogP contribution in [0.15, 0.2) is 24.3 Å². The molecule has 2 unspecified atom stereocenters. The highest BCUT2D eigenvalue weighted by atomic mass is 32.1. The lowest BCUT2D eigenvalue weighted by molar-refractivity contribution is -0.157. The number of anilines is 1. The highest BCUT2D eigenvalue weighted by Crippen LogP contribution is 2.57. The van der Waals surface area contributed by atoms with Gasteiger partial charge in [-0.3, -0.25) is 9.69 Å². The second kappa shape index (κ2) is 8.34. The lowest BCUT2D eigenvalue weighted by Crippen LogP contribution is -2.66. The summed E-state index contributed by atoms with van der Waals surface area (Å²) < 4.78 is 6.62. The standard InChI is InChI=1S/C26H34N4O4S/c1-25(2,30-9-7-29(8-10-30)23-27-19-5-3-4-6-20(19)35-23)22(31)28-21-17-11-16-12-18(21)15-26(13-16,14-17)34-24(32)33/h3-6,16-18,21H,7-15H2,1-2H3,(H,28,31)(H,32,33). The molecule has 0 radical (unpaired) electrons. The van der Waals surface area contributed by atoms with Crippen LogP contribution >= 0.6 is 11.3 Å². The zero-order chi connectivity index (χ0) is 24.4. The summed E-state index contributed by atoms with van der Waals surface area (Å²) in [6.45, 7) is 7.38. The lowest BCUT2D eigenvalue weighted by Gasteiger charge is -2.59. The maximum absolute atomic E-state index is 13.6. The number of fused-ring (bicyclic) bond motifs is 1. The largest absolute Gasteiger partial charge is 0.506 e. The predicted octanol–water partition coefficient (Wildman–Crippen LogP) is 3.96. The van der Waals surface area contributed by atoms with E-state index in [0.717, 1.165) is 68.9 Å². The molecule has 1 aromatic heterocycles. The van der Waals surface area contributed by atoms with Gasteiger partial charge in [-0.15, -0.1) is 0 Å². The van der Waals surface area contributed by atoms with Crippen molar-refractivity contribution < 1.29 is 19.4 Å². The number of carboxylic acid groups (broad SMARTS) is 1. The number of para-hydroxylation sites is 1. The predicted molar refractivity (Wildman–Crippen MR) is 135 cm³/mol. The van der Waals surface area contributed by atoms with Crippen LogP contribution < -0.4 is 10.2 Å². The van der Waals surface area contributed by atoms with Crippen molar-refractivity contribution in [1.82, 2.24) is 15.2 Å². The van der Waals surface area contributed by atoms with Crippen LogP contribution in [0, 0.1) is 17.8 Å². The number of ether oxygens (including phenoxy) is 1. The van der Waals surface area contributed by atoms with E-state index in [1.54, 1.807) is 11.3 Å². The summed E-state index contributed by atoms with van der Waals surface area (Å²) >= 11 is 1.73. The average molecular weight is 499 g/mol. The molecule has 4 aliphatic carbocycles. The van der Waals surface area contributed by atoms with E-state index in [9.17, 15) is 14.7 Å². The third-order valence-electron chi connectivity index (χ3n) is 9.00. The van der Waals surface area contributed by atoms with Gasteiger partial charge in [-0.2, -0.15) is 0 Å². The molecule has 5 fully saturated rings. The fraction of sp³-hybridized carbons (Fsp3) is 0.654. The molecule has 188 valence electrons. The third-order valence-corrected chi connectivity index (χ3v) is 10.1. The number of hydrogen-bond donors (Lipinski definition) is 2. The summed E-state index contributed by atoms with van der Waals surface area (Å²) in [7, 11) is 0. The topological polar surface area (TPSA) is 95.0 Å². The van der Waals surface area contributed by atoms with Crippen molar-refractivity contribution in [2.24, 2.45) is 17.8 Å². The number of carbonyl (C=O) groups is 2. The van der Waals surface area contributed by atoms with E-state index in [1.807, 2.05) is 26.0 Å². The Balaban J connectivity index is 1.09. The number of nitrogens with zero attached hydrogens (tertiary/aromatic N) is 3. The van der Waals surface area contributed by atoms with Gasteiger partial charge in [0.25, 0.3) is 0 Å². The molecule has 1 aromatic carbocycles. The Bertz CT molecular complexity index is 1090. The van der Waals surface area contributed by atoms with Gasteiger partial charge in [0.15, 0.2) is 5.13 Å². The van der Waals surface area contributed by atoms with E-state index in [-0.39, 0.29) is 11.9 Å². The molecular formula is C26H34N4O4S. The van der Waals surface area contributed by atoms with E-state index in [0.29, 0.717) is 17.8 Å². The van der Waals surface area contributed by atoms with Gasteiger partial charge in [0.2, 0.25) is 5.91 Å². The Morgan fingerprint density at radius 2 is 1.80 bits per heavy atom. The summed E-state index contributed by atoms with van der Waals surface area (Å²) in [6, 6.07) is 8.35. The molecule has 2 heterocycles. The Morgan fingerprint density at radius 1 is 1.11 bits per heavy atom. The average Bonchev–Trinajstić information content (AvgIpc) is 3.24. The summed E-state index contributed by atoms with van der Waals surface area (Å²) in [5.74, 6) is 1.20. The molecule has 8 nitrogen and oxygen atoms in total. The molecule has 9 heteroatoms.